The maximum Gasteiger partial charge on any atom is 0.136 e. The van der Waals surface area contributed by atoms with Crippen LogP contribution in [-0.2, 0) is 0 Å². The third-order valence-corrected chi connectivity index (χ3v) is 2.97. The second-order valence-electron chi connectivity index (χ2n) is 3.48. The second kappa shape index (κ2) is 6.50. The first-order valence-corrected chi connectivity index (χ1v) is 5.97. The van der Waals surface area contributed by atoms with Gasteiger partial charge < -0.3 is 9.47 Å². The standard InChI is InChI=1S/C13H13BrO2.CH4/c1-15-13-9-11(7-8-12(13)14)16-10-5-3-2-4-6-10;/h3,5-9H,2,4H2,1H3;1H4. The first-order valence-electron chi connectivity index (χ1n) is 5.17. The lowest BCUT2D eigenvalue weighted by molar-refractivity contribution is 0.401. The molecule has 3 heteroatoms. The fraction of sp³-hybridized carbons (Fsp3) is 0.286. The van der Waals surface area contributed by atoms with Crippen LogP contribution in [0.3, 0.4) is 0 Å². The molecule has 0 amide bonds. The van der Waals surface area contributed by atoms with E-state index in [1.807, 2.05) is 24.3 Å². The normalized spacial score (nSPS) is 13.6. The Kier molecular flexibility index (Phi) is 5.29. The van der Waals surface area contributed by atoms with E-state index in [0.717, 1.165) is 34.6 Å². The first-order chi connectivity index (χ1) is 7.79. The van der Waals surface area contributed by atoms with Crippen molar-refractivity contribution in [1.82, 2.24) is 0 Å². The molecule has 0 atom stereocenters. The molecule has 0 aliphatic heterocycles. The van der Waals surface area contributed by atoms with Gasteiger partial charge in [0, 0.05) is 6.07 Å². The molecule has 0 aromatic heterocycles. The molecule has 0 spiro atoms. The zero-order valence-electron chi connectivity index (χ0n) is 9.07. The number of allylic oxidation sites excluding steroid dienone is 3. The Morgan fingerprint density at radius 3 is 2.71 bits per heavy atom. The van der Waals surface area contributed by atoms with Crippen molar-refractivity contribution in [2.75, 3.05) is 7.11 Å². The summed E-state index contributed by atoms with van der Waals surface area (Å²) in [6.07, 6.45) is 8.34. The quantitative estimate of drug-likeness (QED) is 0.804. The zero-order chi connectivity index (χ0) is 11.4. The van der Waals surface area contributed by atoms with Gasteiger partial charge in [-0.25, -0.2) is 0 Å². The van der Waals surface area contributed by atoms with Gasteiger partial charge in [-0.1, -0.05) is 13.5 Å². The molecule has 0 saturated carbocycles. The molecular formula is C14H17BrO2. The summed E-state index contributed by atoms with van der Waals surface area (Å²) in [7, 11) is 1.64. The maximum absolute atomic E-state index is 5.73. The molecule has 0 N–H and O–H groups in total. The van der Waals surface area contributed by atoms with E-state index in [-0.39, 0.29) is 7.43 Å². The highest BCUT2D eigenvalue weighted by Crippen LogP contribution is 2.30. The molecule has 2 rings (SSSR count). The predicted molar refractivity (Wildman–Crippen MR) is 74.5 cm³/mol. The highest BCUT2D eigenvalue weighted by atomic mass is 79.9. The molecule has 1 aliphatic rings. The molecule has 0 saturated heterocycles. The molecule has 2 nitrogen and oxygen atoms in total. The Hall–Kier alpha value is -1.22. The summed E-state index contributed by atoms with van der Waals surface area (Å²) >= 11 is 3.41. The van der Waals surface area contributed by atoms with Gasteiger partial charge in [0.25, 0.3) is 0 Å². The predicted octanol–water partition coefficient (Wildman–Crippen LogP) is 4.71. The van der Waals surface area contributed by atoms with Crippen LogP contribution < -0.4 is 9.47 Å². The van der Waals surface area contributed by atoms with E-state index in [9.17, 15) is 0 Å². The van der Waals surface area contributed by atoms with E-state index < -0.39 is 0 Å². The number of ether oxygens (including phenoxy) is 2. The number of halogens is 1. The summed E-state index contributed by atoms with van der Waals surface area (Å²) in [4.78, 5) is 0. The fourth-order valence-corrected chi connectivity index (χ4v) is 1.91. The zero-order valence-corrected chi connectivity index (χ0v) is 10.7. The monoisotopic (exact) mass is 296 g/mol. The van der Waals surface area contributed by atoms with Crippen LogP contribution in [0.1, 0.15) is 20.3 Å². The van der Waals surface area contributed by atoms with Gasteiger partial charge in [-0.05, 0) is 53.1 Å². The lowest BCUT2D eigenvalue weighted by Crippen LogP contribution is -1.95. The minimum atomic E-state index is 0. The minimum Gasteiger partial charge on any atom is -0.495 e. The van der Waals surface area contributed by atoms with Crippen molar-refractivity contribution in [2.24, 2.45) is 0 Å². The van der Waals surface area contributed by atoms with Crippen LogP contribution in [0, 0.1) is 0 Å². The van der Waals surface area contributed by atoms with Crippen LogP contribution in [0.4, 0.5) is 0 Å². The summed E-state index contributed by atoms with van der Waals surface area (Å²) in [6, 6.07) is 5.70. The van der Waals surface area contributed by atoms with Gasteiger partial charge in [-0.3, -0.25) is 0 Å². The molecule has 17 heavy (non-hydrogen) atoms. The average Bonchev–Trinajstić information content (AvgIpc) is 2.33. The Morgan fingerprint density at radius 1 is 1.24 bits per heavy atom. The molecule has 0 bridgehead atoms. The number of rotatable bonds is 3. The third-order valence-electron chi connectivity index (χ3n) is 2.32. The van der Waals surface area contributed by atoms with E-state index >= 15 is 0 Å². The maximum atomic E-state index is 5.73. The van der Waals surface area contributed by atoms with Crippen molar-refractivity contribution < 1.29 is 9.47 Å². The average molecular weight is 297 g/mol. The van der Waals surface area contributed by atoms with Crippen LogP contribution in [0.25, 0.3) is 0 Å². The second-order valence-corrected chi connectivity index (χ2v) is 4.34. The lowest BCUT2D eigenvalue weighted by atomic mass is 10.2. The first kappa shape index (κ1) is 13.8. The molecule has 0 fully saturated rings. The number of methoxy groups -OCH3 is 1. The summed E-state index contributed by atoms with van der Waals surface area (Å²) in [5.41, 5.74) is 0. The Bertz CT molecular complexity index is 436. The van der Waals surface area contributed by atoms with Crippen molar-refractivity contribution in [3.05, 3.63) is 46.7 Å². The SMILES string of the molecule is C.COc1cc(OC2=CCCC=C2)ccc1Br. The van der Waals surface area contributed by atoms with Crippen LogP contribution in [0.15, 0.2) is 46.7 Å². The van der Waals surface area contributed by atoms with Gasteiger partial charge in [0.2, 0.25) is 0 Å². The molecule has 1 aromatic rings. The minimum absolute atomic E-state index is 0. The lowest BCUT2D eigenvalue weighted by Gasteiger charge is -2.11. The fourth-order valence-electron chi connectivity index (χ4n) is 1.50. The van der Waals surface area contributed by atoms with E-state index in [1.54, 1.807) is 7.11 Å². The third kappa shape index (κ3) is 3.63. The van der Waals surface area contributed by atoms with Gasteiger partial charge >= 0.3 is 0 Å². The topological polar surface area (TPSA) is 18.5 Å². The summed E-state index contributed by atoms with van der Waals surface area (Å²) in [5, 5.41) is 0. The highest BCUT2D eigenvalue weighted by Gasteiger charge is 2.04. The van der Waals surface area contributed by atoms with E-state index in [4.69, 9.17) is 9.47 Å². The molecule has 1 aromatic carbocycles. The van der Waals surface area contributed by atoms with Gasteiger partial charge in [0.15, 0.2) is 0 Å². The van der Waals surface area contributed by atoms with Crippen molar-refractivity contribution >= 4 is 15.9 Å². The highest BCUT2D eigenvalue weighted by molar-refractivity contribution is 9.10. The Labute approximate surface area is 111 Å². The van der Waals surface area contributed by atoms with Crippen molar-refractivity contribution in [3.8, 4) is 11.5 Å². The van der Waals surface area contributed by atoms with Gasteiger partial charge in [-0.15, -0.1) is 0 Å². The van der Waals surface area contributed by atoms with E-state index in [0.29, 0.717) is 0 Å². The smallest absolute Gasteiger partial charge is 0.136 e. The molecule has 0 radical (unpaired) electrons. The summed E-state index contributed by atoms with van der Waals surface area (Å²) in [5.74, 6) is 2.46. The van der Waals surface area contributed by atoms with Crippen molar-refractivity contribution in [3.63, 3.8) is 0 Å². The molecule has 1 aliphatic carbocycles. The summed E-state index contributed by atoms with van der Waals surface area (Å²) < 4.78 is 11.9. The van der Waals surface area contributed by atoms with Crippen LogP contribution in [0.5, 0.6) is 11.5 Å². The van der Waals surface area contributed by atoms with Crippen LogP contribution in [-0.4, -0.2) is 7.11 Å². The Morgan fingerprint density at radius 2 is 2.06 bits per heavy atom. The van der Waals surface area contributed by atoms with Crippen LogP contribution in [0.2, 0.25) is 0 Å². The van der Waals surface area contributed by atoms with Crippen molar-refractivity contribution in [1.29, 1.82) is 0 Å². The number of hydrogen-bond donors (Lipinski definition) is 0. The van der Waals surface area contributed by atoms with E-state index in [1.165, 1.54) is 0 Å². The molecule has 0 unspecified atom stereocenters. The van der Waals surface area contributed by atoms with Crippen molar-refractivity contribution in [2.45, 2.75) is 20.3 Å². The largest absolute Gasteiger partial charge is 0.495 e. The van der Waals surface area contributed by atoms with Gasteiger partial charge in [0.1, 0.15) is 17.3 Å². The van der Waals surface area contributed by atoms with Gasteiger partial charge in [-0.2, -0.15) is 0 Å². The number of benzene rings is 1. The molecule has 92 valence electrons. The van der Waals surface area contributed by atoms with E-state index in [2.05, 4.69) is 28.1 Å². The molecule has 0 heterocycles. The van der Waals surface area contributed by atoms with Gasteiger partial charge in [0.05, 0.1) is 11.6 Å². The molecular weight excluding hydrogens is 280 g/mol. The Balaban J connectivity index is 0.00000144. The summed E-state index contributed by atoms with van der Waals surface area (Å²) in [6.45, 7) is 0. The van der Waals surface area contributed by atoms with Crippen LogP contribution >= 0.6 is 15.9 Å². The number of hydrogen-bond acceptors (Lipinski definition) is 2.